The second-order valence-electron chi connectivity index (χ2n) is 6.17. The van der Waals surface area contributed by atoms with Crippen LogP contribution in [0, 0.1) is 0 Å². The van der Waals surface area contributed by atoms with Gasteiger partial charge in [-0.3, -0.25) is 9.69 Å². The van der Waals surface area contributed by atoms with Gasteiger partial charge in [-0.15, -0.1) is 0 Å². The Kier molecular flexibility index (Phi) is 4.85. The summed E-state index contributed by atoms with van der Waals surface area (Å²) in [5, 5.41) is 0. The van der Waals surface area contributed by atoms with E-state index in [9.17, 15) is 9.59 Å². The van der Waals surface area contributed by atoms with Crippen LogP contribution in [0.2, 0.25) is 0 Å². The topological polar surface area (TPSA) is 73.7 Å². The third-order valence-corrected chi connectivity index (χ3v) is 3.34. The number of hydrogen-bond acceptors (Lipinski definition) is 5. The first kappa shape index (κ1) is 16.5. The lowest BCUT2D eigenvalue weighted by Gasteiger charge is -2.35. The number of nitrogens with zero attached hydrogens (tertiary/aromatic N) is 3. The van der Waals surface area contributed by atoms with Crippen molar-refractivity contribution in [2.75, 3.05) is 19.8 Å². The molecule has 1 aliphatic rings. The predicted molar refractivity (Wildman–Crippen MR) is 79.8 cm³/mol. The quantitative estimate of drug-likeness (QED) is 0.795. The first-order chi connectivity index (χ1) is 10.3. The van der Waals surface area contributed by atoms with Gasteiger partial charge < -0.3 is 14.0 Å². The molecule has 1 aliphatic heterocycles. The standard InChI is InChI=1S/C15H23N3O4/c1-5-17-7-6-16-13(17)12(19)11-10-21-9-8-18(11)14(20)22-15(2,3)4/h6-7,11H,5,8-10H2,1-4H3. The van der Waals surface area contributed by atoms with Gasteiger partial charge in [0, 0.05) is 25.5 Å². The molecular weight excluding hydrogens is 286 g/mol. The van der Waals surface area contributed by atoms with Crippen molar-refractivity contribution in [3.05, 3.63) is 18.2 Å². The zero-order valence-electron chi connectivity index (χ0n) is 13.5. The first-order valence-electron chi connectivity index (χ1n) is 7.46. The summed E-state index contributed by atoms with van der Waals surface area (Å²) in [6, 6.07) is -0.698. The fraction of sp³-hybridized carbons (Fsp3) is 0.667. The Morgan fingerprint density at radius 3 is 2.82 bits per heavy atom. The minimum atomic E-state index is -0.698. The second-order valence-corrected chi connectivity index (χ2v) is 6.17. The van der Waals surface area contributed by atoms with Crippen LogP contribution < -0.4 is 0 Å². The Bertz CT molecular complexity index is 547. The van der Waals surface area contributed by atoms with Gasteiger partial charge in [0.05, 0.1) is 13.2 Å². The van der Waals surface area contributed by atoms with Crippen molar-refractivity contribution < 1.29 is 19.1 Å². The van der Waals surface area contributed by atoms with E-state index in [1.54, 1.807) is 37.7 Å². The number of rotatable bonds is 3. The monoisotopic (exact) mass is 309 g/mol. The largest absolute Gasteiger partial charge is 0.444 e. The van der Waals surface area contributed by atoms with Gasteiger partial charge >= 0.3 is 6.09 Å². The maximum Gasteiger partial charge on any atom is 0.411 e. The molecule has 0 spiro atoms. The van der Waals surface area contributed by atoms with E-state index in [0.29, 0.717) is 25.5 Å². The highest BCUT2D eigenvalue weighted by molar-refractivity contribution is 5.99. The minimum absolute atomic E-state index is 0.161. The Labute approximate surface area is 130 Å². The van der Waals surface area contributed by atoms with Crippen LogP contribution in [0.5, 0.6) is 0 Å². The zero-order valence-corrected chi connectivity index (χ0v) is 13.5. The Morgan fingerprint density at radius 2 is 2.18 bits per heavy atom. The number of amides is 1. The number of morpholine rings is 1. The van der Waals surface area contributed by atoms with Gasteiger partial charge in [0.25, 0.3) is 0 Å². The maximum absolute atomic E-state index is 12.7. The van der Waals surface area contributed by atoms with Crippen LogP contribution in [0.25, 0.3) is 0 Å². The van der Waals surface area contributed by atoms with Gasteiger partial charge in [-0.1, -0.05) is 0 Å². The maximum atomic E-state index is 12.7. The molecule has 1 fully saturated rings. The van der Waals surface area contributed by atoms with Crippen molar-refractivity contribution in [1.82, 2.24) is 14.5 Å². The molecule has 7 nitrogen and oxygen atoms in total. The van der Waals surface area contributed by atoms with Gasteiger partial charge in [-0.25, -0.2) is 9.78 Å². The predicted octanol–water partition coefficient (Wildman–Crippen LogP) is 1.72. The normalized spacial score (nSPS) is 19.1. The van der Waals surface area contributed by atoms with E-state index in [1.807, 2.05) is 6.92 Å². The van der Waals surface area contributed by atoms with Crippen molar-refractivity contribution in [1.29, 1.82) is 0 Å². The summed E-state index contributed by atoms with van der Waals surface area (Å²) in [6.07, 6.45) is 2.83. The molecule has 0 aromatic carbocycles. The lowest BCUT2D eigenvalue weighted by atomic mass is 10.1. The van der Waals surface area contributed by atoms with E-state index in [2.05, 4.69) is 4.98 Å². The van der Waals surface area contributed by atoms with Crippen molar-refractivity contribution in [3.63, 3.8) is 0 Å². The summed E-state index contributed by atoms with van der Waals surface area (Å²) < 4.78 is 12.5. The highest BCUT2D eigenvalue weighted by atomic mass is 16.6. The van der Waals surface area contributed by atoms with E-state index in [0.717, 1.165) is 0 Å². The van der Waals surface area contributed by atoms with Crippen molar-refractivity contribution in [2.45, 2.75) is 45.9 Å². The van der Waals surface area contributed by atoms with Gasteiger partial charge in [0.2, 0.25) is 5.78 Å². The van der Waals surface area contributed by atoms with Crippen LogP contribution >= 0.6 is 0 Å². The highest BCUT2D eigenvalue weighted by Gasteiger charge is 2.37. The Balaban J connectivity index is 2.19. The number of imidazole rings is 1. The fourth-order valence-electron chi connectivity index (χ4n) is 2.30. The second kappa shape index (κ2) is 6.48. The van der Waals surface area contributed by atoms with Crippen molar-refractivity contribution >= 4 is 11.9 Å². The average molecular weight is 309 g/mol. The van der Waals surface area contributed by atoms with Crippen LogP contribution in [0.1, 0.15) is 38.3 Å². The number of carbonyl (C=O) groups is 2. The number of aromatic nitrogens is 2. The number of hydrogen-bond donors (Lipinski definition) is 0. The Morgan fingerprint density at radius 1 is 1.45 bits per heavy atom. The van der Waals surface area contributed by atoms with Gasteiger partial charge in [-0.05, 0) is 27.7 Å². The van der Waals surface area contributed by atoms with Gasteiger partial charge in [0.15, 0.2) is 5.82 Å². The van der Waals surface area contributed by atoms with Gasteiger partial charge in [0.1, 0.15) is 11.6 Å². The molecule has 122 valence electrons. The molecule has 0 aliphatic carbocycles. The smallest absolute Gasteiger partial charge is 0.411 e. The summed E-state index contributed by atoms with van der Waals surface area (Å²) in [5.74, 6) is 0.115. The van der Waals surface area contributed by atoms with Crippen LogP contribution in [-0.4, -0.2) is 57.7 Å². The van der Waals surface area contributed by atoms with E-state index in [1.165, 1.54) is 4.90 Å². The average Bonchev–Trinajstić information content (AvgIpc) is 2.93. The molecule has 0 N–H and O–H groups in total. The highest BCUT2D eigenvalue weighted by Crippen LogP contribution is 2.17. The molecule has 1 unspecified atom stereocenters. The first-order valence-corrected chi connectivity index (χ1v) is 7.46. The molecule has 0 bridgehead atoms. The van der Waals surface area contributed by atoms with E-state index in [4.69, 9.17) is 9.47 Å². The number of ether oxygens (including phenoxy) is 2. The molecule has 1 saturated heterocycles. The van der Waals surface area contributed by atoms with Crippen LogP contribution in [0.3, 0.4) is 0 Å². The van der Waals surface area contributed by atoms with E-state index < -0.39 is 17.7 Å². The van der Waals surface area contributed by atoms with E-state index >= 15 is 0 Å². The van der Waals surface area contributed by atoms with Crippen LogP contribution in [0.4, 0.5) is 4.79 Å². The van der Waals surface area contributed by atoms with Gasteiger partial charge in [-0.2, -0.15) is 0 Å². The minimum Gasteiger partial charge on any atom is -0.444 e. The number of aryl methyl sites for hydroxylation is 1. The molecule has 2 heterocycles. The van der Waals surface area contributed by atoms with Crippen molar-refractivity contribution in [2.24, 2.45) is 0 Å². The molecule has 0 saturated carbocycles. The van der Waals surface area contributed by atoms with E-state index in [-0.39, 0.29) is 12.4 Å². The number of carbonyl (C=O) groups excluding carboxylic acids is 2. The third kappa shape index (κ3) is 3.65. The summed E-state index contributed by atoms with van der Waals surface area (Å²) in [7, 11) is 0. The van der Waals surface area contributed by atoms with Crippen LogP contribution in [0.15, 0.2) is 12.4 Å². The molecule has 0 radical (unpaired) electrons. The number of Topliss-reactive ketones (excluding diaryl/α,β-unsaturated/α-hetero) is 1. The molecule has 1 aromatic heterocycles. The zero-order chi connectivity index (χ0) is 16.3. The van der Waals surface area contributed by atoms with Crippen LogP contribution in [-0.2, 0) is 16.0 Å². The summed E-state index contributed by atoms with van der Waals surface area (Å²) in [6.45, 7) is 8.85. The molecule has 1 atom stereocenters. The SMILES string of the molecule is CCn1ccnc1C(=O)C1COCCN1C(=O)OC(C)(C)C. The summed E-state index contributed by atoms with van der Waals surface area (Å²) in [4.78, 5) is 30.6. The third-order valence-electron chi connectivity index (χ3n) is 3.34. The molecule has 1 amide bonds. The summed E-state index contributed by atoms with van der Waals surface area (Å²) >= 11 is 0. The molecule has 7 heteroatoms. The lowest BCUT2D eigenvalue weighted by Crippen LogP contribution is -2.54. The fourth-order valence-corrected chi connectivity index (χ4v) is 2.30. The number of ketones is 1. The molecule has 1 aromatic rings. The van der Waals surface area contributed by atoms with Crippen molar-refractivity contribution in [3.8, 4) is 0 Å². The Hall–Kier alpha value is -1.89. The molecule has 22 heavy (non-hydrogen) atoms. The summed E-state index contributed by atoms with van der Waals surface area (Å²) in [5.41, 5.74) is -0.606. The molecule has 2 rings (SSSR count). The lowest BCUT2D eigenvalue weighted by molar-refractivity contribution is -0.0268. The molecular formula is C15H23N3O4.